The average Bonchev–Trinajstić information content (AvgIpc) is 2.28. The van der Waals surface area contributed by atoms with Gasteiger partial charge in [-0.1, -0.05) is 0 Å². The molecule has 0 saturated heterocycles. The van der Waals surface area contributed by atoms with Crippen molar-refractivity contribution in [2.45, 2.75) is 26.4 Å². The third-order valence-electron chi connectivity index (χ3n) is 2.26. The first-order chi connectivity index (χ1) is 7.51. The third-order valence-corrected chi connectivity index (χ3v) is 2.26. The molecule has 0 aliphatic heterocycles. The Hall–Kier alpha value is -1.42. The second kappa shape index (κ2) is 5.07. The van der Waals surface area contributed by atoms with Gasteiger partial charge < -0.3 is 9.47 Å². The highest BCUT2D eigenvalue weighted by molar-refractivity contribution is 6.01. The van der Waals surface area contributed by atoms with Crippen molar-refractivity contribution in [1.82, 2.24) is 4.98 Å². The Labute approximate surface area is 95.6 Å². The number of ether oxygens (including phenoxy) is 2. The first-order valence-corrected chi connectivity index (χ1v) is 5.19. The number of aromatic nitrogens is 1. The van der Waals surface area contributed by atoms with E-state index in [9.17, 15) is 4.79 Å². The van der Waals surface area contributed by atoms with Gasteiger partial charge in [-0.05, 0) is 26.8 Å². The summed E-state index contributed by atoms with van der Waals surface area (Å²) < 4.78 is 10.4. The fourth-order valence-electron chi connectivity index (χ4n) is 1.43. The molecule has 88 valence electrons. The van der Waals surface area contributed by atoms with Crippen LogP contribution >= 0.6 is 0 Å². The lowest BCUT2D eigenvalue weighted by Gasteiger charge is -2.22. The van der Waals surface area contributed by atoms with E-state index in [4.69, 9.17) is 9.47 Å². The summed E-state index contributed by atoms with van der Waals surface area (Å²) in [4.78, 5) is 16.1. The molecule has 4 nitrogen and oxygen atoms in total. The van der Waals surface area contributed by atoms with Crippen molar-refractivity contribution in [3.05, 3.63) is 24.0 Å². The van der Waals surface area contributed by atoms with E-state index in [2.05, 4.69) is 4.98 Å². The van der Waals surface area contributed by atoms with Crippen LogP contribution in [-0.4, -0.2) is 30.1 Å². The van der Waals surface area contributed by atoms with Gasteiger partial charge in [-0.2, -0.15) is 0 Å². The molecule has 1 aromatic rings. The number of nitrogens with zero attached hydrogens (tertiary/aromatic N) is 1. The van der Waals surface area contributed by atoms with Crippen LogP contribution in [0.4, 0.5) is 0 Å². The van der Waals surface area contributed by atoms with Crippen LogP contribution in [0.25, 0.3) is 0 Å². The summed E-state index contributed by atoms with van der Waals surface area (Å²) in [5, 5.41) is 0. The maximum absolute atomic E-state index is 12.1. The number of Topliss-reactive ketones (excluding diaryl/α,β-unsaturated/α-hetero) is 1. The van der Waals surface area contributed by atoms with Gasteiger partial charge in [0.15, 0.2) is 5.78 Å². The number of ketones is 1. The Morgan fingerprint density at radius 3 is 2.69 bits per heavy atom. The van der Waals surface area contributed by atoms with Gasteiger partial charge in [0, 0.05) is 18.4 Å². The lowest BCUT2D eigenvalue weighted by molar-refractivity contribution is 0.00121. The van der Waals surface area contributed by atoms with Gasteiger partial charge in [0.2, 0.25) is 0 Å². The fraction of sp³-hybridized carbons (Fsp3) is 0.500. The van der Waals surface area contributed by atoms with Crippen LogP contribution in [0, 0.1) is 0 Å². The molecular formula is C12H17NO3. The summed E-state index contributed by atoms with van der Waals surface area (Å²) >= 11 is 0. The van der Waals surface area contributed by atoms with E-state index in [0.717, 1.165) is 0 Å². The molecule has 0 spiro atoms. The largest absolute Gasteiger partial charge is 0.495 e. The van der Waals surface area contributed by atoms with E-state index in [1.54, 1.807) is 33.2 Å². The molecule has 1 aromatic heterocycles. The zero-order valence-electron chi connectivity index (χ0n) is 10.1. The monoisotopic (exact) mass is 223 g/mol. The van der Waals surface area contributed by atoms with Gasteiger partial charge in [0.25, 0.3) is 0 Å². The maximum Gasteiger partial charge on any atom is 0.195 e. The smallest absolute Gasteiger partial charge is 0.195 e. The van der Waals surface area contributed by atoms with Crippen LogP contribution in [0.2, 0.25) is 0 Å². The molecule has 0 aliphatic rings. The van der Waals surface area contributed by atoms with Crippen LogP contribution < -0.4 is 4.74 Å². The first-order valence-electron chi connectivity index (χ1n) is 5.19. The van der Waals surface area contributed by atoms with Crippen molar-refractivity contribution < 1.29 is 14.3 Å². The van der Waals surface area contributed by atoms with Gasteiger partial charge in [-0.15, -0.1) is 0 Å². The molecule has 0 atom stereocenters. The van der Waals surface area contributed by atoms with Crippen LogP contribution in [0.3, 0.4) is 0 Å². The van der Waals surface area contributed by atoms with E-state index >= 15 is 0 Å². The summed E-state index contributed by atoms with van der Waals surface area (Å²) in [5.74, 6) is 0.471. The maximum atomic E-state index is 12.1. The third kappa shape index (κ3) is 2.79. The molecule has 0 radical (unpaired) electrons. The van der Waals surface area contributed by atoms with Crippen LogP contribution in [0.5, 0.6) is 5.75 Å². The minimum Gasteiger partial charge on any atom is -0.495 e. The molecular weight excluding hydrogens is 206 g/mol. The normalized spacial score (nSPS) is 11.2. The molecule has 0 unspecified atom stereocenters. The zero-order chi connectivity index (χ0) is 12.2. The average molecular weight is 223 g/mol. The second-order valence-electron chi connectivity index (χ2n) is 3.89. The molecule has 0 saturated carbocycles. The molecule has 0 bridgehead atoms. The molecule has 0 amide bonds. The number of methoxy groups -OCH3 is 1. The number of carbonyl (C=O) groups is 1. The van der Waals surface area contributed by atoms with Gasteiger partial charge in [0.05, 0.1) is 13.3 Å². The quantitative estimate of drug-likeness (QED) is 0.717. The molecule has 16 heavy (non-hydrogen) atoms. The summed E-state index contributed by atoms with van der Waals surface area (Å²) in [6.45, 7) is 5.85. The number of hydrogen-bond donors (Lipinski definition) is 0. The van der Waals surface area contributed by atoms with Crippen LogP contribution in [-0.2, 0) is 4.74 Å². The number of carbonyl (C=O) groups excluding carboxylic acids is 1. The molecule has 0 aliphatic carbocycles. The number of rotatable bonds is 5. The Morgan fingerprint density at radius 2 is 2.12 bits per heavy atom. The molecule has 1 heterocycles. The van der Waals surface area contributed by atoms with E-state index < -0.39 is 5.60 Å². The van der Waals surface area contributed by atoms with Crippen molar-refractivity contribution in [3.8, 4) is 5.75 Å². The highest BCUT2D eigenvalue weighted by Gasteiger charge is 2.29. The fourth-order valence-corrected chi connectivity index (χ4v) is 1.43. The van der Waals surface area contributed by atoms with Crippen molar-refractivity contribution in [2.24, 2.45) is 0 Å². The van der Waals surface area contributed by atoms with Gasteiger partial charge in [-0.3, -0.25) is 9.78 Å². The van der Waals surface area contributed by atoms with E-state index in [1.807, 2.05) is 6.92 Å². The molecule has 0 N–H and O–H groups in total. The molecule has 0 fully saturated rings. The van der Waals surface area contributed by atoms with Crippen LogP contribution in [0.15, 0.2) is 18.5 Å². The standard InChI is InChI=1S/C12H17NO3/c1-5-16-12(2,3)11(14)9-6-10(15-4)8-13-7-9/h6-8H,5H2,1-4H3. The zero-order valence-corrected chi connectivity index (χ0v) is 10.1. The molecule has 0 aromatic carbocycles. The highest BCUT2D eigenvalue weighted by atomic mass is 16.5. The minimum absolute atomic E-state index is 0.0965. The Morgan fingerprint density at radius 1 is 1.44 bits per heavy atom. The lowest BCUT2D eigenvalue weighted by atomic mass is 9.97. The molecule has 1 rings (SSSR count). The van der Waals surface area contributed by atoms with E-state index in [-0.39, 0.29) is 5.78 Å². The van der Waals surface area contributed by atoms with Gasteiger partial charge >= 0.3 is 0 Å². The summed E-state index contributed by atoms with van der Waals surface area (Å²) in [6.07, 6.45) is 3.08. The van der Waals surface area contributed by atoms with Crippen molar-refractivity contribution in [2.75, 3.05) is 13.7 Å². The predicted octanol–water partition coefficient (Wildman–Crippen LogP) is 2.09. The lowest BCUT2D eigenvalue weighted by Crippen LogP contribution is -2.35. The van der Waals surface area contributed by atoms with E-state index in [1.165, 1.54) is 6.20 Å². The topological polar surface area (TPSA) is 48.4 Å². The SMILES string of the molecule is CCOC(C)(C)C(=O)c1cncc(OC)c1. The predicted molar refractivity (Wildman–Crippen MR) is 60.8 cm³/mol. The number of pyridine rings is 1. The van der Waals surface area contributed by atoms with Crippen LogP contribution in [0.1, 0.15) is 31.1 Å². The van der Waals surface area contributed by atoms with Crippen molar-refractivity contribution >= 4 is 5.78 Å². The van der Waals surface area contributed by atoms with Gasteiger partial charge in [0.1, 0.15) is 11.4 Å². The Bertz CT molecular complexity index is 374. The Balaban J connectivity index is 2.95. The summed E-state index contributed by atoms with van der Waals surface area (Å²) in [6, 6.07) is 1.66. The highest BCUT2D eigenvalue weighted by Crippen LogP contribution is 2.19. The number of hydrogen-bond acceptors (Lipinski definition) is 4. The van der Waals surface area contributed by atoms with Gasteiger partial charge in [-0.25, -0.2) is 0 Å². The second-order valence-corrected chi connectivity index (χ2v) is 3.89. The minimum atomic E-state index is -0.831. The van der Waals surface area contributed by atoms with Crippen molar-refractivity contribution in [1.29, 1.82) is 0 Å². The first kappa shape index (κ1) is 12.6. The summed E-state index contributed by atoms with van der Waals surface area (Å²) in [5.41, 5.74) is -0.333. The molecule has 4 heteroatoms. The summed E-state index contributed by atoms with van der Waals surface area (Å²) in [7, 11) is 1.54. The van der Waals surface area contributed by atoms with E-state index in [0.29, 0.717) is 17.9 Å². The van der Waals surface area contributed by atoms with Crippen molar-refractivity contribution in [3.63, 3.8) is 0 Å². The Kier molecular flexibility index (Phi) is 4.01.